The number of hydrogen-bond acceptors (Lipinski definition) is 1. The maximum atomic E-state index is 13.9. The minimum Gasteiger partial charge on any atom is -0.376 e. The number of benzene rings is 2. The van der Waals surface area contributed by atoms with E-state index in [0.717, 1.165) is 11.6 Å². The Labute approximate surface area is 122 Å². The van der Waals surface area contributed by atoms with Crippen molar-refractivity contribution in [3.8, 4) is 0 Å². The van der Waals surface area contributed by atoms with Crippen molar-refractivity contribution in [3.63, 3.8) is 0 Å². The molecular weight excluding hydrogens is 331 g/mol. The summed E-state index contributed by atoms with van der Waals surface area (Å²) in [5.74, 6) is -1.28. The van der Waals surface area contributed by atoms with Crippen LogP contribution in [0, 0.1) is 17.5 Å². The molecule has 0 radical (unpaired) electrons. The normalized spacial score (nSPS) is 17.5. The van der Waals surface area contributed by atoms with E-state index in [9.17, 15) is 13.2 Å². The van der Waals surface area contributed by atoms with Gasteiger partial charge in [-0.1, -0.05) is 12.1 Å². The fourth-order valence-electron chi connectivity index (χ4n) is 2.54. The van der Waals surface area contributed by atoms with Gasteiger partial charge in [-0.2, -0.15) is 0 Å². The van der Waals surface area contributed by atoms with E-state index < -0.39 is 11.6 Å². The van der Waals surface area contributed by atoms with Crippen molar-refractivity contribution >= 4 is 21.6 Å². The topological polar surface area (TPSA) is 12.0 Å². The van der Waals surface area contributed by atoms with Crippen LogP contribution in [0.3, 0.4) is 0 Å². The molecule has 1 aliphatic heterocycles. The first-order valence-electron chi connectivity index (χ1n) is 6.24. The third-order valence-corrected chi connectivity index (χ3v) is 4.10. The van der Waals surface area contributed by atoms with Crippen molar-refractivity contribution in [2.24, 2.45) is 0 Å². The van der Waals surface area contributed by atoms with Crippen molar-refractivity contribution in [2.45, 2.75) is 18.9 Å². The van der Waals surface area contributed by atoms with Crippen molar-refractivity contribution < 1.29 is 13.2 Å². The third-order valence-electron chi connectivity index (χ3n) is 3.52. The molecule has 1 N–H and O–H groups in total. The molecule has 2 aromatic rings. The van der Waals surface area contributed by atoms with Crippen LogP contribution >= 0.6 is 15.9 Å². The zero-order chi connectivity index (χ0) is 14.3. The highest BCUT2D eigenvalue weighted by Gasteiger charge is 2.26. The third kappa shape index (κ3) is 2.30. The minimum atomic E-state index is -0.505. The Hall–Kier alpha value is -1.49. The smallest absolute Gasteiger partial charge is 0.147 e. The quantitative estimate of drug-likeness (QED) is 0.722. The molecule has 104 valence electrons. The highest BCUT2D eigenvalue weighted by Crippen LogP contribution is 2.38. The highest BCUT2D eigenvalue weighted by atomic mass is 79.9. The lowest BCUT2D eigenvalue weighted by Gasteiger charge is -2.28. The van der Waals surface area contributed by atoms with Crippen LogP contribution in [-0.4, -0.2) is 0 Å². The lowest BCUT2D eigenvalue weighted by Crippen LogP contribution is -2.20. The summed E-state index contributed by atoms with van der Waals surface area (Å²) < 4.78 is 41.3. The molecule has 1 heterocycles. The van der Waals surface area contributed by atoms with E-state index in [1.54, 1.807) is 12.1 Å². The lowest BCUT2D eigenvalue weighted by molar-refractivity contribution is 0.550. The van der Waals surface area contributed by atoms with Gasteiger partial charge in [0.25, 0.3) is 0 Å². The number of halogens is 4. The van der Waals surface area contributed by atoms with Crippen LogP contribution in [0.4, 0.5) is 18.9 Å². The summed E-state index contributed by atoms with van der Waals surface area (Å²) in [6.45, 7) is 0. The summed E-state index contributed by atoms with van der Waals surface area (Å²) >= 11 is 3.00. The van der Waals surface area contributed by atoms with Crippen molar-refractivity contribution in [2.75, 3.05) is 5.32 Å². The second kappa shape index (κ2) is 5.13. The summed E-state index contributed by atoms with van der Waals surface area (Å²) in [6.07, 6.45) is 0.995. The molecule has 0 saturated carbocycles. The Balaban J connectivity index is 1.98. The largest absolute Gasteiger partial charge is 0.376 e. The fourth-order valence-corrected chi connectivity index (χ4v) is 2.98. The number of anilines is 1. The van der Waals surface area contributed by atoms with Crippen LogP contribution in [0.15, 0.2) is 34.8 Å². The average molecular weight is 342 g/mol. The predicted octanol–water partition coefficient (Wildman–Crippen LogP) is 4.97. The van der Waals surface area contributed by atoms with Gasteiger partial charge in [0.2, 0.25) is 0 Å². The van der Waals surface area contributed by atoms with Crippen LogP contribution < -0.4 is 5.32 Å². The molecule has 1 nitrogen and oxygen atoms in total. The van der Waals surface area contributed by atoms with Gasteiger partial charge in [-0.3, -0.25) is 0 Å². The summed E-state index contributed by atoms with van der Waals surface area (Å²) in [5, 5.41) is 2.97. The van der Waals surface area contributed by atoms with Gasteiger partial charge in [-0.15, -0.1) is 0 Å². The number of hydrogen-bond donors (Lipinski definition) is 1. The van der Waals surface area contributed by atoms with Crippen LogP contribution in [0.1, 0.15) is 23.6 Å². The summed E-state index contributed by atoms with van der Waals surface area (Å²) in [6, 6.07) is 7.05. The van der Waals surface area contributed by atoms with Gasteiger partial charge >= 0.3 is 0 Å². The Morgan fingerprint density at radius 3 is 2.70 bits per heavy atom. The highest BCUT2D eigenvalue weighted by molar-refractivity contribution is 9.10. The fraction of sp³-hybridized carbons (Fsp3) is 0.200. The van der Waals surface area contributed by atoms with E-state index in [4.69, 9.17) is 0 Å². The molecule has 0 fully saturated rings. The molecule has 1 aliphatic rings. The van der Waals surface area contributed by atoms with Crippen molar-refractivity contribution in [3.05, 3.63) is 63.4 Å². The van der Waals surface area contributed by atoms with E-state index >= 15 is 0 Å². The summed E-state index contributed by atoms with van der Waals surface area (Å²) in [4.78, 5) is 0. The molecule has 1 atom stereocenters. The monoisotopic (exact) mass is 341 g/mol. The zero-order valence-corrected chi connectivity index (χ0v) is 12.0. The molecule has 0 saturated heterocycles. The van der Waals surface area contributed by atoms with Crippen LogP contribution in [0.25, 0.3) is 0 Å². The number of rotatable bonds is 1. The van der Waals surface area contributed by atoms with Crippen molar-refractivity contribution in [1.82, 2.24) is 0 Å². The van der Waals surface area contributed by atoms with E-state index in [1.807, 2.05) is 0 Å². The van der Waals surface area contributed by atoms with Crippen molar-refractivity contribution in [1.29, 1.82) is 0 Å². The first-order valence-corrected chi connectivity index (χ1v) is 7.04. The van der Waals surface area contributed by atoms with E-state index in [-0.39, 0.29) is 22.0 Å². The molecule has 0 amide bonds. The molecule has 0 aliphatic carbocycles. The number of fused-ring (bicyclic) bond motifs is 1. The zero-order valence-electron chi connectivity index (χ0n) is 10.4. The van der Waals surface area contributed by atoms with Gasteiger partial charge in [0, 0.05) is 5.56 Å². The molecule has 20 heavy (non-hydrogen) atoms. The molecule has 0 spiro atoms. The lowest BCUT2D eigenvalue weighted by atomic mass is 9.93. The Kier molecular flexibility index (Phi) is 3.46. The van der Waals surface area contributed by atoms with Crippen LogP contribution in [0.5, 0.6) is 0 Å². The molecular formula is C15H11BrF3N. The molecule has 3 rings (SSSR count). The first kappa shape index (κ1) is 13.5. The van der Waals surface area contributed by atoms with Gasteiger partial charge in [0.1, 0.15) is 17.5 Å². The Bertz CT molecular complexity index is 672. The molecule has 0 aromatic heterocycles. The average Bonchev–Trinajstić information content (AvgIpc) is 2.44. The van der Waals surface area contributed by atoms with Gasteiger partial charge in [0.15, 0.2) is 0 Å². The maximum absolute atomic E-state index is 13.9. The summed E-state index contributed by atoms with van der Waals surface area (Å²) in [5.41, 5.74) is 1.24. The van der Waals surface area contributed by atoms with Gasteiger partial charge in [0.05, 0.1) is 16.2 Å². The standard InChI is InChI=1S/C15H11BrF3N/c16-11-7-12(18)15-10(14(11)19)4-5-13(20-15)8-2-1-3-9(17)6-8/h1-3,6-7,13,20H,4-5H2. The second-order valence-corrected chi connectivity index (χ2v) is 5.65. The van der Waals surface area contributed by atoms with Crippen LogP contribution in [0.2, 0.25) is 0 Å². The Morgan fingerprint density at radius 2 is 1.95 bits per heavy atom. The Morgan fingerprint density at radius 1 is 1.15 bits per heavy atom. The SMILES string of the molecule is Fc1cccc(C2CCc3c(F)c(Br)cc(F)c3N2)c1. The van der Waals surface area contributed by atoms with E-state index in [1.165, 1.54) is 12.1 Å². The summed E-state index contributed by atoms with van der Waals surface area (Å²) in [7, 11) is 0. The van der Waals surface area contributed by atoms with Gasteiger partial charge in [-0.25, -0.2) is 13.2 Å². The maximum Gasteiger partial charge on any atom is 0.147 e. The predicted molar refractivity (Wildman–Crippen MR) is 75.1 cm³/mol. The van der Waals surface area contributed by atoms with E-state index in [0.29, 0.717) is 18.4 Å². The minimum absolute atomic E-state index is 0.125. The molecule has 5 heteroatoms. The molecule has 2 aromatic carbocycles. The van der Waals surface area contributed by atoms with Gasteiger partial charge < -0.3 is 5.32 Å². The molecule has 0 bridgehead atoms. The first-order chi connectivity index (χ1) is 9.56. The van der Waals surface area contributed by atoms with E-state index in [2.05, 4.69) is 21.2 Å². The van der Waals surface area contributed by atoms with Gasteiger partial charge in [-0.05, 0) is 52.5 Å². The van der Waals surface area contributed by atoms with Crippen LogP contribution in [-0.2, 0) is 6.42 Å². The molecule has 1 unspecified atom stereocenters. The second-order valence-electron chi connectivity index (χ2n) is 4.80. The number of nitrogens with one attached hydrogen (secondary N) is 1.